The maximum atomic E-state index is 5.98. The molecule has 2 aromatic rings. The van der Waals surface area contributed by atoms with Crippen LogP contribution in [0.1, 0.15) is 18.4 Å². The molecule has 4 nitrogen and oxygen atoms in total. The number of nitrogens with two attached hydrogens (primary N) is 1. The number of aromatic nitrogens is 2. The summed E-state index contributed by atoms with van der Waals surface area (Å²) in [4.78, 5) is 0. The number of hydrogen-bond donors (Lipinski definition) is 2. The Morgan fingerprint density at radius 3 is 2.88 bits per heavy atom. The maximum absolute atomic E-state index is 5.98. The van der Waals surface area contributed by atoms with Crippen LogP contribution in [0.3, 0.4) is 0 Å². The number of benzene rings is 1. The standard InChI is InChI=1S/C13H16N4/c1-9-3-2-4-11(7-9)17-12(14)8-13(16-17)15-10-5-6-10/h2-4,7-8,10H,5-6,14H2,1H3,(H,15,16). The van der Waals surface area contributed by atoms with E-state index in [1.165, 1.54) is 18.4 Å². The van der Waals surface area contributed by atoms with Crippen LogP contribution < -0.4 is 11.1 Å². The monoisotopic (exact) mass is 228 g/mol. The lowest BCUT2D eigenvalue weighted by Crippen LogP contribution is -2.04. The van der Waals surface area contributed by atoms with Gasteiger partial charge < -0.3 is 11.1 Å². The number of nitrogens with one attached hydrogen (secondary N) is 1. The molecule has 3 N–H and O–H groups in total. The summed E-state index contributed by atoms with van der Waals surface area (Å²) in [6.45, 7) is 2.06. The second-order valence-electron chi connectivity index (χ2n) is 4.62. The lowest BCUT2D eigenvalue weighted by molar-refractivity contribution is 0.886. The Bertz CT molecular complexity index is 540. The summed E-state index contributed by atoms with van der Waals surface area (Å²) in [5.74, 6) is 1.53. The molecule has 0 aliphatic heterocycles. The Hall–Kier alpha value is -1.97. The zero-order chi connectivity index (χ0) is 11.8. The van der Waals surface area contributed by atoms with E-state index in [0.29, 0.717) is 11.9 Å². The third-order valence-electron chi connectivity index (χ3n) is 2.91. The van der Waals surface area contributed by atoms with Gasteiger partial charge in [0.1, 0.15) is 5.82 Å². The van der Waals surface area contributed by atoms with Gasteiger partial charge in [-0.3, -0.25) is 0 Å². The van der Waals surface area contributed by atoms with Gasteiger partial charge in [-0.1, -0.05) is 12.1 Å². The van der Waals surface area contributed by atoms with E-state index >= 15 is 0 Å². The minimum atomic E-state index is 0.593. The highest BCUT2D eigenvalue weighted by Gasteiger charge is 2.22. The Morgan fingerprint density at radius 2 is 2.18 bits per heavy atom. The van der Waals surface area contributed by atoms with E-state index in [4.69, 9.17) is 5.73 Å². The SMILES string of the molecule is Cc1cccc(-n2nc(NC3CC3)cc2N)c1. The molecule has 0 radical (unpaired) electrons. The molecule has 0 spiro atoms. The Morgan fingerprint density at radius 1 is 1.35 bits per heavy atom. The molecule has 4 heteroatoms. The van der Waals surface area contributed by atoms with E-state index in [-0.39, 0.29) is 0 Å². The van der Waals surface area contributed by atoms with Crippen LogP contribution >= 0.6 is 0 Å². The van der Waals surface area contributed by atoms with Crippen molar-refractivity contribution >= 4 is 11.6 Å². The van der Waals surface area contributed by atoms with Crippen LogP contribution in [-0.4, -0.2) is 15.8 Å². The van der Waals surface area contributed by atoms with Crippen molar-refractivity contribution < 1.29 is 0 Å². The maximum Gasteiger partial charge on any atom is 0.150 e. The highest BCUT2D eigenvalue weighted by atomic mass is 15.3. The van der Waals surface area contributed by atoms with Crippen LogP contribution in [-0.2, 0) is 0 Å². The predicted octanol–water partition coefficient (Wildman–Crippen LogP) is 2.34. The molecule has 1 aliphatic rings. The quantitative estimate of drug-likeness (QED) is 0.847. The van der Waals surface area contributed by atoms with Crippen LogP contribution in [0, 0.1) is 6.92 Å². The average Bonchev–Trinajstić information content (AvgIpc) is 3.01. The fourth-order valence-electron chi connectivity index (χ4n) is 1.87. The van der Waals surface area contributed by atoms with E-state index < -0.39 is 0 Å². The molecule has 0 amide bonds. The molecule has 88 valence electrons. The van der Waals surface area contributed by atoms with Gasteiger partial charge in [0.2, 0.25) is 0 Å². The molecule has 0 saturated heterocycles. The molecular formula is C13H16N4. The number of anilines is 2. The zero-order valence-electron chi connectivity index (χ0n) is 9.85. The second-order valence-corrected chi connectivity index (χ2v) is 4.62. The lowest BCUT2D eigenvalue weighted by atomic mass is 10.2. The largest absolute Gasteiger partial charge is 0.384 e. The van der Waals surface area contributed by atoms with Gasteiger partial charge in [-0.05, 0) is 37.5 Å². The summed E-state index contributed by atoms with van der Waals surface area (Å²) in [5.41, 5.74) is 8.19. The van der Waals surface area contributed by atoms with Gasteiger partial charge in [-0.15, -0.1) is 5.10 Å². The average molecular weight is 228 g/mol. The highest BCUT2D eigenvalue weighted by Crippen LogP contribution is 2.26. The summed E-state index contributed by atoms with van der Waals surface area (Å²) in [5, 5.41) is 7.83. The van der Waals surface area contributed by atoms with Crippen LogP contribution in [0.2, 0.25) is 0 Å². The minimum absolute atomic E-state index is 0.593. The van der Waals surface area contributed by atoms with Crippen molar-refractivity contribution in [3.8, 4) is 5.69 Å². The predicted molar refractivity (Wildman–Crippen MR) is 69.4 cm³/mol. The van der Waals surface area contributed by atoms with E-state index in [1.54, 1.807) is 4.68 Å². The van der Waals surface area contributed by atoms with Crippen molar-refractivity contribution in [2.24, 2.45) is 0 Å². The fraction of sp³-hybridized carbons (Fsp3) is 0.308. The Labute approximate surface area is 100 Å². The molecule has 1 aromatic heterocycles. The topological polar surface area (TPSA) is 55.9 Å². The molecule has 1 fully saturated rings. The van der Waals surface area contributed by atoms with Crippen molar-refractivity contribution in [2.75, 3.05) is 11.1 Å². The molecule has 0 unspecified atom stereocenters. The molecule has 17 heavy (non-hydrogen) atoms. The lowest BCUT2D eigenvalue weighted by Gasteiger charge is -2.04. The first-order valence-corrected chi connectivity index (χ1v) is 5.91. The molecule has 0 bridgehead atoms. The van der Waals surface area contributed by atoms with Crippen molar-refractivity contribution in [2.45, 2.75) is 25.8 Å². The number of nitrogen functional groups attached to an aromatic ring is 1. The molecule has 1 heterocycles. The van der Waals surface area contributed by atoms with Gasteiger partial charge in [-0.25, -0.2) is 4.68 Å². The summed E-state index contributed by atoms with van der Waals surface area (Å²) in [6, 6.07) is 10.6. The smallest absolute Gasteiger partial charge is 0.150 e. The molecule has 1 aromatic carbocycles. The molecular weight excluding hydrogens is 212 g/mol. The third kappa shape index (κ3) is 2.11. The van der Waals surface area contributed by atoms with Crippen molar-refractivity contribution in [1.82, 2.24) is 9.78 Å². The first-order chi connectivity index (χ1) is 8.22. The summed E-state index contributed by atoms with van der Waals surface area (Å²) < 4.78 is 1.78. The third-order valence-corrected chi connectivity index (χ3v) is 2.91. The summed E-state index contributed by atoms with van der Waals surface area (Å²) >= 11 is 0. The highest BCUT2D eigenvalue weighted by molar-refractivity contribution is 5.52. The minimum Gasteiger partial charge on any atom is -0.384 e. The van der Waals surface area contributed by atoms with E-state index in [1.807, 2.05) is 18.2 Å². The van der Waals surface area contributed by atoms with Crippen LogP contribution in [0.25, 0.3) is 5.69 Å². The number of aryl methyl sites for hydroxylation is 1. The number of nitrogens with zero attached hydrogens (tertiary/aromatic N) is 2. The Balaban J connectivity index is 1.93. The van der Waals surface area contributed by atoms with Crippen LogP contribution in [0.4, 0.5) is 11.6 Å². The van der Waals surface area contributed by atoms with Crippen molar-refractivity contribution in [3.63, 3.8) is 0 Å². The van der Waals surface area contributed by atoms with Gasteiger partial charge in [0.05, 0.1) is 5.69 Å². The van der Waals surface area contributed by atoms with Gasteiger partial charge in [-0.2, -0.15) is 0 Å². The van der Waals surface area contributed by atoms with E-state index in [0.717, 1.165) is 11.5 Å². The van der Waals surface area contributed by atoms with Gasteiger partial charge >= 0.3 is 0 Å². The molecule has 1 saturated carbocycles. The van der Waals surface area contributed by atoms with Crippen molar-refractivity contribution in [3.05, 3.63) is 35.9 Å². The van der Waals surface area contributed by atoms with Crippen LogP contribution in [0.15, 0.2) is 30.3 Å². The fourth-order valence-corrected chi connectivity index (χ4v) is 1.87. The van der Waals surface area contributed by atoms with Gasteiger partial charge in [0.15, 0.2) is 5.82 Å². The second kappa shape index (κ2) is 3.80. The van der Waals surface area contributed by atoms with Gasteiger partial charge in [0.25, 0.3) is 0 Å². The van der Waals surface area contributed by atoms with E-state index in [9.17, 15) is 0 Å². The molecule has 3 rings (SSSR count). The van der Waals surface area contributed by atoms with Crippen LogP contribution in [0.5, 0.6) is 0 Å². The summed E-state index contributed by atoms with van der Waals surface area (Å²) in [7, 11) is 0. The first kappa shape index (κ1) is 10.2. The molecule has 0 atom stereocenters. The zero-order valence-corrected chi connectivity index (χ0v) is 9.85. The number of hydrogen-bond acceptors (Lipinski definition) is 3. The van der Waals surface area contributed by atoms with Crippen molar-refractivity contribution in [1.29, 1.82) is 0 Å². The normalized spacial score (nSPS) is 14.9. The first-order valence-electron chi connectivity index (χ1n) is 5.91. The number of rotatable bonds is 3. The summed E-state index contributed by atoms with van der Waals surface area (Å²) in [6.07, 6.45) is 2.47. The van der Waals surface area contributed by atoms with E-state index in [2.05, 4.69) is 29.5 Å². The molecule has 1 aliphatic carbocycles. The van der Waals surface area contributed by atoms with Gasteiger partial charge in [0, 0.05) is 12.1 Å². The Kier molecular flexibility index (Phi) is 2.28.